The van der Waals surface area contributed by atoms with Crippen LogP contribution in [0.5, 0.6) is 0 Å². The van der Waals surface area contributed by atoms with E-state index in [-0.39, 0.29) is 10.7 Å². The Labute approximate surface area is 91.2 Å². The summed E-state index contributed by atoms with van der Waals surface area (Å²) in [7, 11) is 0. The van der Waals surface area contributed by atoms with Crippen molar-refractivity contribution in [1.82, 2.24) is 15.0 Å². The zero-order chi connectivity index (χ0) is 11.8. The number of carbonyl (C=O) groups is 1. The van der Waals surface area contributed by atoms with Crippen LogP contribution < -0.4 is 0 Å². The number of thiazole rings is 1. The fourth-order valence-corrected chi connectivity index (χ4v) is 1.89. The number of halogens is 3. The molecule has 2 aromatic heterocycles. The minimum absolute atomic E-state index is 0.0727. The lowest BCUT2D eigenvalue weighted by Gasteiger charge is -2.01. The Bertz CT molecular complexity index is 504. The van der Waals surface area contributed by atoms with E-state index in [0.717, 1.165) is 11.3 Å². The molecular weight excluding hydrogens is 243 g/mol. The van der Waals surface area contributed by atoms with Crippen LogP contribution in [0.2, 0.25) is 0 Å². The lowest BCUT2D eigenvalue weighted by molar-refractivity contribution is -0.170. The molecule has 0 bridgehead atoms. The zero-order valence-corrected chi connectivity index (χ0v) is 8.47. The molecule has 0 amide bonds. The number of nitrogens with zero attached hydrogens (tertiary/aromatic N) is 3. The standard InChI is InChI=1S/C8H4F3N3OS/c9-8(10,11)4(15)3-5-14-6-7(16-5)13-2-1-12-6/h1-2H,3H2. The minimum Gasteiger partial charge on any atom is -0.289 e. The molecule has 84 valence electrons. The van der Waals surface area contributed by atoms with Crippen LogP contribution in [-0.2, 0) is 11.2 Å². The van der Waals surface area contributed by atoms with Gasteiger partial charge in [-0.3, -0.25) is 4.79 Å². The molecule has 2 aromatic rings. The van der Waals surface area contributed by atoms with Gasteiger partial charge < -0.3 is 0 Å². The molecule has 0 aliphatic carbocycles. The number of carbonyl (C=O) groups excluding carboxylic acids is 1. The Hall–Kier alpha value is -1.57. The number of hydrogen-bond acceptors (Lipinski definition) is 5. The summed E-state index contributed by atoms with van der Waals surface area (Å²) in [5, 5.41) is 0.0727. The van der Waals surface area contributed by atoms with Gasteiger partial charge >= 0.3 is 6.18 Å². The lowest BCUT2D eigenvalue weighted by Crippen LogP contribution is -2.24. The van der Waals surface area contributed by atoms with Crippen LogP contribution in [0.4, 0.5) is 13.2 Å². The quantitative estimate of drug-likeness (QED) is 0.811. The van der Waals surface area contributed by atoms with E-state index in [9.17, 15) is 18.0 Å². The lowest BCUT2D eigenvalue weighted by atomic mass is 10.3. The van der Waals surface area contributed by atoms with E-state index in [0.29, 0.717) is 4.83 Å². The molecule has 0 radical (unpaired) electrons. The normalized spacial score (nSPS) is 11.9. The van der Waals surface area contributed by atoms with Crippen molar-refractivity contribution in [2.75, 3.05) is 0 Å². The molecule has 0 saturated carbocycles. The SMILES string of the molecule is O=C(Cc1nc2nccnc2s1)C(F)(F)F. The summed E-state index contributed by atoms with van der Waals surface area (Å²) in [6.45, 7) is 0. The second-order valence-electron chi connectivity index (χ2n) is 2.89. The van der Waals surface area contributed by atoms with Crippen LogP contribution in [0, 0.1) is 0 Å². The average Bonchev–Trinajstić information content (AvgIpc) is 2.58. The fraction of sp³-hybridized carbons (Fsp3) is 0.250. The highest BCUT2D eigenvalue weighted by molar-refractivity contribution is 7.18. The Balaban J connectivity index is 2.25. The summed E-state index contributed by atoms with van der Waals surface area (Å²) >= 11 is 0.936. The molecule has 2 heterocycles. The maximum atomic E-state index is 12.0. The first kappa shape index (κ1) is 10.9. The topological polar surface area (TPSA) is 55.7 Å². The summed E-state index contributed by atoms with van der Waals surface area (Å²) in [5.74, 6) is -1.81. The van der Waals surface area contributed by atoms with Gasteiger partial charge in [-0.2, -0.15) is 13.2 Å². The number of ketones is 1. The largest absolute Gasteiger partial charge is 0.450 e. The molecule has 0 saturated heterocycles. The van der Waals surface area contributed by atoms with E-state index >= 15 is 0 Å². The maximum Gasteiger partial charge on any atom is 0.450 e. The van der Waals surface area contributed by atoms with E-state index in [1.165, 1.54) is 12.4 Å². The number of fused-ring (bicyclic) bond motifs is 1. The van der Waals surface area contributed by atoms with Crippen molar-refractivity contribution in [3.63, 3.8) is 0 Å². The highest BCUT2D eigenvalue weighted by Crippen LogP contribution is 2.22. The van der Waals surface area contributed by atoms with Crippen LogP contribution >= 0.6 is 11.3 Å². The molecule has 0 aliphatic rings. The van der Waals surface area contributed by atoms with Gasteiger partial charge in [-0.15, -0.1) is 0 Å². The van der Waals surface area contributed by atoms with Gasteiger partial charge in [0, 0.05) is 12.4 Å². The molecule has 0 atom stereocenters. The molecule has 8 heteroatoms. The van der Waals surface area contributed by atoms with Crippen molar-refractivity contribution in [2.45, 2.75) is 12.6 Å². The molecule has 0 fully saturated rings. The predicted molar refractivity (Wildman–Crippen MR) is 50.0 cm³/mol. The summed E-state index contributed by atoms with van der Waals surface area (Å²) < 4.78 is 36.0. The summed E-state index contributed by atoms with van der Waals surface area (Å²) in [5.41, 5.74) is 0.262. The van der Waals surface area contributed by atoms with Crippen molar-refractivity contribution in [2.24, 2.45) is 0 Å². The number of aromatic nitrogens is 3. The monoisotopic (exact) mass is 247 g/mol. The van der Waals surface area contributed by atoms with Crippen LogP contribution in [0.15, 0.2) is 12.4 Å². The Morgan fingerprint density at radius 3 is 2.62 bits per heavy atom. The van der Waals surface area contributed by atoms with E-state index < -0.39 is 18.4 Å². The van der Waals surface area contributed by atoms with Crippen LogP contribution in [0.3, 0.4) is 0 Å². The minimum atomic E-state index is -4.82. The first-order valence-corrected chi connectivity index (χ1v) is 4.95. The van der Waals surface area contributed by atoms with E-state index in [4.69, 9.17) is 0 Å². The van der Waals surface area contributed by atoms with E-state index in [2.05, 4.69) is 15.0 Å². The van der Waals surface area contributed by atoms with Crippen molar-refractivity contribution in [3.8, 4) is 0 Å². The van der Waals surface area contributed by atoms with Crippen LogP contribution in [0.25, 0.3) is 10.5 Å². The highest BCUT2D eigenvalue weighted by Gasteiger charge is 2.38. The summed E-state index contributed by atoms with van der Waals surface area (Å²) in [6, 6.07) is 0. The third-order valence-electron chi connectivity index (χ3n) is 1.72. The number of hydrogen-bond donors (Lipinski definition) is 0. The molecular formula is C8H4F3N3OS. The van der Waals surface area contributed by atoms with E-state index in [1.54, 1.807) is 0 Å². The first-order chi connectivity index (χ1) is 7.47. The van der Waals surface area contributed by atoms with Gasteiger partial charge in [-0.1, -0.05) is 11.3 Å². The second-order valence-corrected chi connectivity index (χ2v) is 3.95. The smallest absolute Gasteiger partial charge is 0.289 e. The molecule has 0 aliphatic heterocycles. The summed E-state index contributed by atoms with van der Waals surface area (Å²) in [4.78, 5) is 22.6. The molecule has 0 aromatic carbocycles. The van der Waals surface area contributed by atoms with Crippen molar-refractivity contribution in [1.29, 1.82) is 0 Å². The van der Waals surface area contributed by atoms with E-state index in [1.807, 2.05) is 0 Å². The molecule has 16 heavy (non-hydrogen) atoms. The molecule has 0 unspecified atom stereocenters. The fourth-order valence-electron chi connectivity index (χ4n) is 1.03. The number of alkyl halides is 3. The van der Waals surface area contributed by atoms with Crippen molar-refractivity contribution >= 4 is 27.6 Å². The molecule has 2 rings (SSSR count). The number of rotatable bonds is 2. The van der Waals surface area contributed by atoms with Gasteiger partial charge in [-0.25, -0.2) is 15.0 Å². The van der Waals surface area contributed by atoms with Gasteiger partial charge in [0.2, 0.25) is 5.78 Å². The van der Waals surface area contributed by atoms with Gasteiger partial charge in [0.05, 0.1) is 6.42 Å². The Morgan fingerprint density at radius 1 is 1.31 bits per heavy atom. The molecule has 0 N–H and O–H groups in total. The third kappa shape index (κ3) is 2.16. The van der Waals surface area contributed by atoms with Crippen molar-refractivity contribution in [3.05, 3.63) is 17.4 Å². The van der Waals surface area contributed by atoms with Gasteiger partial charge in [-0.05, 0) is 0 Å². The zero-order valence-electron chi connectivity index (χ0n) is 7.65. The average molecular weight is 247 g/mol. The Morgan fingerprint density at radius 2 is 2.00 bits per heavy atom. The first-order valence-electron chi connectivity index (χ1n) is 4.13. The van der Waals surface area contributed by atoms with Gasteiger partial charge in [0.15, 0.2) is 10.5 Å². The third-order valence-corrected chi connectivity index (χ3v) is 2.67. The maximum absolute atomic E-state index is 12.0. The summed E-state index contributed by atoms with van der Waals surface area (Å²) in [6.07, 6.45) is -2.78. The van der Waals surface area contributed by atoms with Crippen LogP contribution in [0.1, 0.15) is 5.01 Å². The van der Waals surface area contributed by atoms with Crippen LogP contribution in [-0.4, -0.2) is 26.9 Å². The molecule has 0 spiro atoms. The van der Waals surface area contributed by atoms with Gasteiger partial charge in [0.1, 0.15) is 5.01 Å². The number of Topliss-reactive ketones (excluding diaryl/α,β-unsaturated/α-hetero) is 1. The predicted octanol–water partition coefficient (Wildman–Crippen LogP) is 1.76. The second kappa shape index (κ2) is 3.78. The van der Waals surface area contributed by atoms with Gasteiger partial charge in [0.25, 0.3) is 0 Å². The Kier molecular flexibility index (Phi) is 2.58. The van der Waals surface area contributed by atoms with Crippen molar-refractivity contribution < 1.29 is 18.0 Å². The molecule has 4 nitrogen and oxygen atoms in total. The highest BCUT2D eigenvalue weighted by atomic mass is 32.1.